The van der Waals surface area contributed by atoms with Crippen LogP contribution in [0.3, 0.4) is 0 Å². The fourth-order valence-corrected chi connectivity index (χ4v) is 3.10. The van der Waals surface area contributed by atoms with E-state index in [1.165, 1.54) is 6.26 Å². The van der Waals surface area contributed by atoms with Crippen LogP contribution in [-0.2, 0) is 9.47 Å². The highest BCUT2D eigenvalue weighted by Gasteiger charge is 2.24. The van der Waals surface area contributed by atoms with Crippen LogP contribution in [0.15, 0.2) is 41.1 Å². The standard InChI is InChI=1S/C18H20FN3O3/c19-17-9-14(1-2-16(17)13-3-6-23-7-4-13)22-11-15(24-12-22)10-20-18-5-8-25-21-18/h1-3,5,8-9,15H,4,6-7,10-12H2,(H,20,21)/t15-/m0/s1. The second kappa shape index (κ2) is 7.25. The molecule has 1 N–H and O–H groups in total. The minimum absolute atomic E-state index is 0.0117. The summed E-state index contributed by atoms with van der Waals surface area (Å²) in [6.45, 7) is 2.96. The van der Waals surface area contributed by atoms with Crippen molar-refractivity contribution in [3.05, 3.63) is 48.0 Å². The molecule has 0 saturated carbocycles. The summed E-state index contributed by atoms with van der Waals surface area (Å²) < 4.78 is 30.4. The molecule has 0 aliphatic carbocycles. The van der Waals surface area contributed by atoms with Gasteiger partial charge in [-0.2, -0.15) is 0 Å². The number of aromatic nitrogens is 1. The Balaban J connectivity index is 1.39. The minimum atomic E-state index is -0.199. The van der Waals surface area contributed by atoms with E-state index >= 15 is 0 Å². The number of nitrogens with one attached hydrogen (secondary N) is 1. The molecule has 0 amide bonds. The van der Waals surface area contributed by atoms with Gasteiger partial charge in [0.1, 0.15) is 18.8 Å². The predicted molar refractivity (Wildman–Crippen MR) is 91.9 cm³/mol. The Morgan fingerprint density at radius 1 is 1.32 bits per heavy atom. The van der Waals surface area contributed by atoms with Gasteiger partial charge in [-0.05, 0) is 30.2 Å². The van der Waals surface area contributed by atoms with E-state index in [4.69, 9.17) is 14.0 Å². The number of hydrogen-bond acceptors (Lipinski definition) is 6. The van der Waals surface area contributed by atoms with Crippen molar-refractivity contribution in [2.45, 2.75) is 12.5 Å². The summed E-state index contributed by atoms with van der Waals surface area (Å²) in [5, 5.41) is 6.95. The fourth-order valence-electron chi connectivity index (χ4n) is 3.10. The van der Waals surface area contributed by atoms with Gasteiger partial charge in [0.05, 0.1) is 19.3 Å². The Hall–Kier alpha value is -2.38. The highest BCUT2D eigenvalue weighted by molar-refractivity contribution is 5.68. The minimum Gasteiger partial charge on any atom is -0.377 e. The van der Waals surface area contributed by atoms with Crippen molar-refractivity contribution in [1.82, 2.24) is 5.16 Å². The van der Waals surface area contributed by atoms with Gasteiger partial charge in [0.2, 0.25) is 0 Å². The lowest BCUT2D eigenvalue weighted by atomic mass is 10.0. The number of benzene rings is 1. The topological polar surface area (TPSA) is 59.8 Å². The number of nitrogens with zero attached hydrogens (tertiary/aromatic N) is 2. The van der Waals surface area contributed by atoms with E-state index in [0.29, 0.717) is 44.4 Å². The summed E-state index contributed by atoms with van der Waals surface area (Å²) in [5.74, 6) is 0.483. The normalized spacial score (nSPS) is 20.6. The van der Waals surface area contributed by atoms with Crippen molar-refractivity contribution in [3.8, 4) is 0 Å². The second-order valence-corrected chi connectivity index (χ2v) is 6.12. The quantitative estimate of drug-likeness (QED) is 0.899. The van der Waals surface area contributed by atoms with Gasteiger partial charge in [0, 0.05) is 30.4 Å². The molecule has 0 bridgehead atoms. The number of ether oxygens (including phenoxy) is 2. The summed E-state index contributed by atoms with van der Waals surface area (Å²) >= 11 is 0. The molecule has 1 fully saturated rings. The van der Waals surface area contributed by atoms with Crippen LogP contribution >= 0.6 is 0 Å². The number of halogens is 1. The zero-order valence-electron chi connectivity index (χ0n) is 13.8. The molecule has 2 aliphatic heterocycles. The smallest absolute Gasteiger partial charge is 0.169 e. The molecule has 0 unspecified atom stereocenters. The van der Waals surface area contributed by atoms with Gasteiger partial charge in [0.15, 0.2) is 5.82 Å². The summed E-state index contributed by atoms with van der Waals surface area (Å²) in [5.41, 5.74) is 2.51. The first-order valence-corrected chi connectivity index (χ1v) is 8.37. The molecule has 3 heterocycles. The van der Waals surface area contributed by atoms with Crippen molar-refractivity contribution >= 4 is 17.1 Å². The Labute approximate surface area is 145 Å². The molecule has 0 radical (unpaired) electrons. The first kappa shape index (κ1) is 16.1. The molecule has 1 aromatic carbocycles. The maximum atomic E-state index is 14.5. The van der Waals surface area contributed by atoms with Gasteiger partial charge < -0.3 is 24.2 Å². The van der Waals surface area contributed by atoms with Crippen molar-refractivity contribution < 1.29 is 18.4 Å². The van der Waals surface area contributed by atoms with Crippen LogP contribution in [0.1, 0.15) is 12.0 Å². The Kier molecular flexibility index (Phi) is 4.67. The fraction of sp³-hybridized carbons (Fsp3) is 0.389. The van der Waals surface area contributed by atoms with Crippen molar-refractivity contribution in [2.75, 3.05) is 43.3 Å². The van der Waals surface area contributed by atoms with E-state index < -0.39 is 0 Å². The molecule has 0 spiro atoms. The first-order valence-electron chi connectivity index (χ1n) is 8.37. The van der Waals surface area contributed by atoms with Gasteiger partial charge in [-0.15, -0.1) is 0 Å². The zero-order chi connectivity index (χ0) is 17.1. The van der Waals surface area contributed by atoms with Crippen LogP contribution in [0.4, 0.5) is 15.9 Å². The largest absolute Gasteiger partial charge is 0.377 e. The van der Waals surface area contributed by atoms with Crippen molar-refractivity contribution in [3.63, 3.8) is 0 Å². The van der Waals surface area contributed by atoms with Crippen LogP contribution < -0.4 is 10.2 Å². The molecule has 1 atom stereocenters. The summed E-state index contributed by atoms with van der Waals surface area (Å²) in [7, 11) is 0. The third kappa shape index (κ3) is 3.67. The molecular formula is C18H20FN3O3. The lowest BCUT2D eigenvalue weighted by molar-refractivity contribution is 0.125. The SMILES string of the molecule is Fc1cc(N2CO[C@@H](CNc3ccon3)C2)ccc1C1=CCOCC1. The first-order chi connectivity index (χ1) is 12.3. The van der Waals surface area contributed by atoms with Gasteiger partial charge in [-0.1, -0.05) is 11.2 Å². The van der Waals surface area contributed by atoms with Crippen LogP contribution in [0.25, 0.3) is 5.57 Å². The van der Waals surface area contributed by atoms with Gasteiger partial charge in [-0.25, -0.2) is 4.39 Å². The number of rotatable bonds is 5. The maximum absolute atomic E-state index is 14.5. The van der Waals surface area contributed by atoms with Crippen LogP contribution in [0, 0.1) is 5.82 Å². The van der Waals surface area contributed by atoms with Gasteiger partial charge in [-0.3, -0.25) is 0 Å². The highest BCUT2D eigenvalue weighted by atomic mass is 19.1. The van der Waals surface area contributed by atoms with E-state index in [2.05, 4.69) is 10.5 Å². The predicted octanol–water partition coefficient (Wildman–Crippen LogP) is 2.89. The molecular weight excluding hydrogens is 325 g/mol. The average Bonchev–Trinajstić information content (AvgIpc) is 3.32. The average molecular weight is 345 g/mol. The van der Waals surface area contributed by atoms with Gasteiger partial charge in [0.25, 0.3) is 0 Å². The molecule has 1 saturated heterocycles. The van der Waals surface area contributed by atoms with E-state index in [1.54, 1.807) is 12.1 Å². The van der Waals surface area contributed by atoms with Crippen molar-refractivity contribution in [1.29, 1.82) is 0 Å². The third-order valence-electron chi connectivity index (χ3n) is 4.47. The van der Waals surface area contributed by atoms with Crippen LogP contribution in [0.5, 0.6) is 0 Å². The van der Waals surface area contributed by atoms with Crippen LogP contribution in [-0.4, -0.2) is 44.3 Å². The summed E-state index contributed by atoms with van der Waals surface area (Å²) in [6, 6.07) is 7.14. The van der Waals surface area contributed by atoms with Crippen molar-refractivity contribution in [2.24, 2.45) is 0 Å². The third-order valence-corrected chi connectivity index (χ3v) is 4.47. The Bertz CT molecular complexity index is 748. The molecule has 25 heavy (non-hydrogen) atoms. The highest BCUT2D eigenvalue weighted by Crippen LogP contribution is 2.28. The van der Waals surface area contributed by atoms with E-state index in [9.17, 15) is 4.39 Å². The Morgan fingerprint density at radius 2 is 2.28 bits per heavy atom. The molecule has 2 aliphatic rings. The monoisotopic (exact) mass is 345 g/mol. The maximum Gasteiger partial charge on any atom is 0.169 e. The van der Waals surface area contributed by atoms with Crippen LogP contribution in [0.2, 0.25) is 0 Å². The molecule has 132 valence electrons. The molecule has 7 heteroatoms. The Morgan fingerprint density at radius 3 is 3.04 bits per heavy atom. The zero-order valence-corrected chi connectivity index (χ0v) is 13.8. The molecule has 2 aromatic rings. The van der Waals surface area contributed by atoms with E-state index in [-0.39, 0.29) is 11.9 Å². The molecule has 6 nitrogen and oxygen atoms in total. The number of anilines is 2. The van der Waals surface area contributed by atoms with E-state index in [0.717, 1.165) is 17.7 Å². The lowest BCUT2D eigenvalue weighted by Crippen LogP contribution is -2.26. The summed E-state index contributed by atoms with van der Waals surface area (Å²) in [6.07, 6.45) is 4.23. The molecule has 1 aromatic heterocycles. The number of hydrogen-bond donors (Lipinski definition) is 1. The van der Waals surface area contributed by atoms with Gasteiger partial charge >= 0.3 is 0 Å². The second-order valence-electron chi connectivity index (χ2n) is 6.12. The molecule has 4 rings (SSSR count). The lowest BCUT2D eigenvalue weighted by Gasteiger charge is -2.19. The van der Waals surface area contributed by atoms with E-state index in [1.807, 2.05) is 23.1 Å². The summed E-state index contributed by atoms with van der Waals surface area (Å²) in [4.78, 5) is 2.03.